The van der Waals surface area contributed by atoms with Gasteiger partial charge in [0, 0.05) is 25.8 Å². The molecule has 3 rings (SSSR count). The van der Waals surface area contributed by atoms with Crippen LogP contribution in [0.5, 0.6) is 0 Å². The van der Waals surface area contributed by atoms with E-state index in [9.17, 15) is 4.79 Å². The molecule has 24 heavy (non-hydrogen) atoms. The molecule has 1 saturated heterocycles. The van der Waals surface area contributed by atoms with E-state index in [4.69, 9.17) is 20.9 Å². The molecular weight excluding hydrogens is 334 g/mol. The number of rotatable bonds is 5. The number of carbonyl (C=O) groups excluding carboxylic acids is 1. The van der Waals surface area contributed by atoms with Gasteiger partial charge in [0.05, 0.1) is 24.1 Å². The van der Waals surface area contributed by atoms with Gasteiger partial charge in [-0.2, -0.15) is 5.10 Å². The SMILES string of the molecule is Cc1nc([C@@H]2CCO[C@@H]2CN(C)C(=O)Cc2c(C)noc2Cl)n[nH]1. The lowest BCUT2D eigenvalue weighted by Gasteiger charge is -2.23. The van der Waals surface area contributed by atoms with E-state index >= 15 is 0 Å². The number of aryl methyl sites for hydroxylation is 2. The lowest BCUT2D eigenvalue weighted by molar-refractivity contribution is -0.130. The second-order valence-electron chi connectivity index (χ2n) is 6.05. The Morgan fingerprint density at radius 1 is 1.46 bits per heavy atom. The molecule has 1 aliphatic rings. The molecule has 1 aliphatic heterocycles. The Hall–Kier alpha value is -1.93. The minimum absolute atomic E-state index is 0.0661. The number of nitrogens with zero attached hydrogens (tertiary/aromatic N) is 4. The zero-order chi connectivity index (χ0) is 17.3. The number of carbonyl (C=O) groups is 1. The summed E-state index contributed by atoms with van der Waals surface area (Å²) in [6, 6.07) is 0. The molecule has 0 unspecified atom stereocenters. The second kappa shape index (κ2) is 6.90. The van der Waals surface area contributed by atoms with Crippen LogP contribution in [0.1, 0.15) is 35.2 Å². The summed E-state index contributed by atoms with van der Waals surface area (Å²) in [6.07, 6.45) is 0.885. The smallest absolute Gasteiger partial charge is 0.229 e. The van der Waals surface area contributed by atoms with Gasteiger partial charge in [-0.3, -0.25) is 9.89 Å². The third-order valence-corrected chi connectivity index (χ3v) is 4.60. The highest BCUT2D eigenvalue weighted by molar-refractivity contribution is 6.29. The average molecular weight is 354 g/mol. The van der Waals surface area contributed by atoms with Gasteiger partial charge < -0.3 is 14.2 Å². The topological polar surface area (TPSA) is 97.1 Å². The van der Waals surface area contributed by atoms with Gasteiger partial charge in [0.25, 0.3) is 0 Å². The first-order valence-electron chi connectivity index (χ1n) is 7.80. The van der Waals surface area contributed by atoms with Crippen molar-refractivity contribution in [1.29, 1.82) is 0 Å². The Bertz CT molecular complexity index is 709. The number of halogens is 1. The Kier molecular flexibility index (Phi) is 4.86. The van der Waals surface area contributed by atoms with Gasteiger partial charge in [-0.15, -0.1) is 0 Å². The van der Waals surface area contributed by atoms with Gasteiger partial charge in [-0.25, -0.2) is 4.98 Å². The van der Waals surface area contributed by atoms with Crippen LogP contribution >= 0.6 is 11.6 Å². The van der Waals surface area contributed by atoms with E-state index in [1.54, 1.807) is 18.9 Å². The van der Waals surface area contributed by atoms with Crippen molar-refractivity contribution in [2.24, 2.45) is 0 Å². The molecule has 0 saturated carbocycles. The lowest BCUT2D eigenvalue weighted by Crippen LogP contribution is -2.37. The van der Waals surface area contributed by atoms with Crippen molar-refractivity contribution in [1.82, 2.24) is 25.2 Å². The fourth-order valence-electron chi connectivity index (χ4n) is 2.87. The summed E-state index contributed by atoms with van der Waals surface area (Å²) in [5.74, 6) is 1.54. The van der Waals surface area contributed by atoms with Crippen molar-refractivity contribution in [2.45, 2.75) is 38.7 Å². The summed E-state index contributed by atoms with van der Waals surface area (Å²) in [5, 5.41) is 11.0. The molecule has 0 aliphatic carbocycles. The number of aromatic amines is 1. The van der Waals surface area contributed by atoms with Crippen molar-refractivity contribution < 1.29 is 14.1 Å². The number of ether oxygens (including phenoxy) is 1. The zero-order valence-electron chi connectivity index (χ0n) is 13.9. The van der Waals surface area contributed by atoms with Crippen LogP contribution in [0.15, 0.2) is 4.52 Å². The molecule has 0 spiro atoms. The maximum Gasteiger partial charge on any atom is 0.229 e. The molecular formula is C15H20ClN5O3. The molecule has 2 aromatic rings. The molecule has 8 nitrogen and oxygen atoms in total. The monoisotopic (exact) mass is 353 g/mol. The number of likely N-dealkylation sites (N-methyl/N-ethyl adjacent to an activating group) is 1. The molecule has 130 valence electrons. The first-order chi connectivity index (χ1) is 11.5. The Morgan fingerprint density at radius 3 is 2.88 bits per heavy atom. The summed E-state index contributed by atoms with van der Waals surface area (Å²) < 4.78 is 10.7. The highest BCUT2D eigenvalue weighted by atomic mass is 35.5. The average Bonchev–Trinajstić information content (AvgIpc) is 3.24. The fraction of sp³-hybridized carbons (Fsp3) is 0.600. The molecule has 1 N–H and O–H groups in total. The van der Waals surface area contributed by atoms with Crippen molar-refractivity contribution >= 4 is 17.5 Å². The van der Waals surface area contributed by atoms with E-state index in [0.29, 0.717) is 24.4 Å². The van der Waals surface area contributed by atoms with Crippen LogP contribution in [-0.4, -0.2) is 57.4 Å². The van der Waals surface area contributed by atoms with Crippen LogP contribution in [0.3, 0.4) is 0 Å². The molecule has 3 heterocycles. The minimum atomic E-state index is -0.117. The summed E-state index contributed by atoms with van der Waals surface area (Å²) in [4.78, 5) is 18.5. The molecule has 0 bridgehead atoms. The van der Waals surface area contributed by atoms with Crippen LogP contribution in [0.4, 0.5) is 0 Å². The van der Waals surface area contributed by atoms with Gasteiger partial charge >= 0.3 is 0 Å². The van der Waals surface area contributed by atoms with Gasteiger partial charge in [-0.05, 0) is 31.9 Å². The predicted octanol–water partition coefficient (Wildman–Crippen LogP) is 1.64. The number of hydrogen-bond donors (Lipinski definition) is 1. The Labute approximate surface area is 144 Å². The third-order valence-electron chi connectivity index (χ3n) is 4.30. The standard InChI is InChI=1S/C15H20ClN5O3/c1-8-11(14(16)24-20-8)6-13(22)21(3)7-12-10(4-5-23-12)15-17-9(2)18-19-15/h10,12H,4-7H2,1-3H3,(H,17,18,19)/t10-,12-/m1/s1. The lowest BCUT2D eigenvalue weighted by atomic mass is 10.00. The van der Waals surface area contributed by atoms with Crippen molar-refractivity contribution in [3.8, 4) is 0 Å². The van der Waals surface area contributed by atoms with Gasteiger partial charge in [0.1, 0.15) is 5.82 Å². The first kappa shape index (κ1) is 16.9. The second-order valence-corrected chi connectivity index (χ2v) is 6.40. The maximum atomic E-state index is 12.5. The molecule has 0 aromatic carbocycles. The van der Waals surface area contributed by atoms with Gasteiger partial charge in [0.15, 0.2) is 5.82 Å². The molecule has 1 fully saturated rings. The van der Waals surface area contributed by atoms with Crippen LogP contribution in [0.25, 0.3) is 0 Å². The van der Waals surface area contributed by atoms with E-state index in [-0.39, 0.29) is 29.6 Å². The van der Waals surface area contributed by atoms with Gasteiger partial charge in [0.2, 0.25) is 11.1 Å². The van der Waals surface area contributed by atoms with E-state index in [2.05, 4.69) is 20.3 Å². The number of H-pyrrole nitrogens is 1. The predicted molar refractivity (Wildman–Crippen MR) is 85.8 cm³/mol. The first-order valence-corrected chi connectivity index (χ1v) is 8.18. The quantitative estimate of drug-likeness (QED) is 0.877. The van der Waals surface area contributed by atoms with Crippen molar-refractivity contribution in [3.05, 3.63) is 28.1 Å². The van der Waals surface area contributed by atoms with E-state index < -0.39 is 0 Å². The fourth-order valence-corrected chi connectivity index (χ4v) is 3.10. The number of hydrogen-bond acceptors (Lipinski definition) is 6. The highest BCUT2D eigenvalue weighted by Crippen LogP contribution is 2.29. The summed E-state index contributed by atoms with van der Waals surface area (Å²) in [5.41, 5.74) is 1.26. The number of amides is 1. The largest absolute Gasteiger partial charge is 0.376 e. The summed E-state index contributed by atoms with van der Waals surface area (Å²) >= 11 is 5.93. The summed E-state index contributed by atoms with van der Waals surface area (Å²) in [6.45, 7) is 4.74. The summed E-state index contributed by atoms with van der Waals surface area (Å²) in [7, 11) is 1.75. The van der Waals surface area contributed by atoms with Crippen molar-refractivity contribution in [2.75, 3.05) is 20.2 Å². The molecule has 1 amide bonds. The third kappa shape index (κ3) is 3.44. The van der Waals surface area contributed by atoms with E-state index in [1.165, 1.54) is 0 Å². The molecule has 2 aromatic heterocycles. The van der Waals surface area contributed by atoms with E-state index in [1.807, 2.05) is 6.92 Å². The van der Waals surface area contributed by atoms with Gasteiger partial charge in [-0.1, -0.05) is 5.16 Å². The maximum absolute atomic E-state index is 12.5. The highest BCUT2D eigenvalue weighted by Gasteiger charge is 2.34. The Morgan fingerprint density at radius 2 is 2.25 bits per heavy atom. The van der Waals surface area contributed by atoms with Crippen LogP contribution in [0, 0.1) is 13.8 Å². The normalized spacial score (nSPS) is 20.5. The zero-order valence-corrected chi connectivity index (χ0v) is 14.6. The molecule has 9 heteroatoms. The minimum Gasteiger partial charge on any atom is -0.376 e. The molecule has 2 atom stereocenters. The number of aromatic nitrogens is 4. The van der Waals surface area contributed by atoms with E-state index in [0.717, 1.165) is 18.1 Å². The van der Waals surface area contributed by atoms with Crippen LogP contribution in [0.2, 0.25) is 5.22 Å². The van der Waals surface area contributed by atoms with Crippen molar-refractivity contribution in [3.63, 3.8) is 0 Å². The van der Waals surface area contributed by atoms with Crippen LogP contribution < -0.4 is 0 Å². The van der Waals surface area contributed by atoms with Crippen LogP contribution in [-0.2, 0) is 16.0 Å². The molecule has 0 radical (unpaired) electrons. The number of nitrogens with one attached hydrogen (secondary N) is 1. The Balaban J connectivity index is 1.63.